The molecule has 0 N–H and O–H groups in total. The van der Waals surface area contributed by atoms with E-state index in [0.717, 1.165) is 6.42 Å². The molecule has 1 saturated carbocycles. The number of benzene rings is 1. The molecule has 1 aromatic carbocycles. The van der Waals surface area contributed by atoms with E-state index in [1.165, 1.54) is 43.7 Å². The molecule has 0 atom stereocenters. The lowest BCUT2D eigenvalue weighted by Gasteiger charge is -2.26. The van der Waals surface area contributed by atoms with Crippen molar-refractivity contribution in [3.05, 3.63) is 42.0 Å². The molecule has 4 nitrogen and oxygen atoms in total. The summed E-state index contributed by atoms with van der Waals surface area (Å²) in [5.74, 6) is 0.0146. The van der Waals surface area contributed by atoms with Gasteiger partial charge in [0, 0.05) is 6.08 Å². The summed E-state index contributed by atoms with van der Waals surface area (Å²) in [4.78, 5) is 23.9. The Morgan fingerprint density at radius 3 is 2.32 bits per heavy atom. The third-order valence-electron chi connectivity index (χ3n) is 5.30. The second-order valence-corrected chi connectivity index (χ2v) is 7.64. The van der Waals surface area contributed by atoms with Gasteiger partial charge in [0.05, 0.1) is 5.92 Å². The SMILES string of the molecule is CC=CC(=O)OC1CCC(C(=O)Oc2ccc(CCCCCCC)cc2)CC1. The summed E-state index contributed by atoms with van der Waals surface area (Å²) in [5, 5.41) is 0. The maximum atomic E-state index is 12.4. The van der Waals surface area contributed by atoms with Crippen LogP contribution in [0.2, 0.25) is 0 Å². The number of aryl methyl sites for hydroxylation is 1. The molecule has 28 heavy (non-hydrogen) atoms. The van der Waals surface area contributed by atoms with E-state index in [-0.39, 0.29) is 24.0 Å². The highest BCUT2D eigenvalue weighted by atomic mass is 16.5. The lowest BCUT2D eigenvalue weighted by molar-refractivity contribution is -0.147. The number of hydrogen-bond acceptors (Lipinski definition) is 4. The number of ether oxygens (including phenoxy) is 2. The van der Waals surface area contributed by atoms with E-state index in [0.29, 0.717) is 31.4 Å². The van der Waals surface area contributed by atoms with Crippen molar-refractivity contribution in [1.82, 2.24) is 0 Å². The van der Waals surface area contributed by atoms with E-state index in [2.05, 4.69) is 19.1 Å². The Labute approximate surface area is 169 Å². The molecule has 0 aromatic heterocycles. The van der Waals surface area contributed by atoms with Gasteiger partial charge in [-0.1, -0.05) is 50.8 Å². The Morgan fingerprint density at radius 2 is 1.68 bits per heavy atom. The predicted molar refractivity (Wildman–Crippen MR) is 111 cm³/mol. The smallest absolute Gasteiger partial charge is 0.330 e. The van der Waals surface area contributed by atoms with Gasteiger partial charge in [0.25, 0.3) is 0 Å². The molecule has 0 bridgehead atoms. The average Bonchev–Trinajstić information content (AvgIpc) is 2.70. The van der Waals surface area contributed by atoms with Crippen molar-refractivity contribution in [2.75, 3.05) is 0 Å². The van der Waals surface area contributed by atoms with E-state index in [1.54, 1.807) is 13.0 Å². The Morgan fingerprint density at radius 1 is 1.00 bits per heavy atom. The fourth-order valence-corrected chi connectivity index (χ4v) is 3.61. The van der Waals surface area contributed by atoms with Crippen LogP contribution in [0.5, 0.6) is 5.75 Å². The number of carbonyl (C=O) groups excluding carboxylic acids is 2. The molecule has 4 heteroatoms. The first kappa shape index (κ1) is 22.2. The van der Waals surface area contributed by atoms with Crippen LogP contribution < -0.4 is 4.74 Å². The Hall–Kier alpha value is -2.10. The number of hydrogen-bond donors (Lipinski definition) is 0. The van der Waals surface area contributed by atoms with Gasteiger partial charge in [-0.2, -0.15) is 0 Å². The number of allylic oxidation sites excluding steroid dienone is 1. The number of rotatable bonds is 10. The van der Waals surface area contributed by atoms with Gasteiger partial charge in [0.2, 0.25) is 0 Å². The number of carbonyl (C=O) groups is 2. The van der Waals surface area contributed by atoms with Crippen LogP contribution in [0.4, 0.5) is 0 Å². The summed E-state index contributed by atoms with van der Waals surface area (Å²) in [6.45, 7) is 4.01. The van der Waals surface area contributed by atoms with Crippen molar-refractivity contribution in [3.8, 4) is 5.75 Å². The van der Waals surface area contributed by atoms with Gasteiger partial charge in [0.1, 0.15) is 11.9 Å². The molecule has 1 aliphatic rings. The molecular weight excluding hydrogens is 352 g/mol. The van der Waals surface area contributed by atoms with Crippen molar-refractivity contribution >= 4 is 11.9 Å². The van der Waals surface area contributed by atoms with Gasteiger partial charge in [-0.15, -0.1) is 0 Å². The van der Waals surface area contributed by atoms with Crippen LogP contribution in [0.25, 0.3) is 0 Å². The average molecular weight is 387 g/mol. The number of esters is 2. The molecule has 0 amide bonds. The van der Waals surface area contributed by atoms with Gasteiger partial charge in [-0.25, -0.2) is 4.79 Å². The first-order valence-corrected chi connectivity index (χ1v) is 10.8. The second-order valence-electron chi connectivity index (χ2n) is 7.64. The lowest BCUT2D eigenvalue weighted by atomic mass is 9.87. The third kappa shape index (κ3) is 7.87. The van der Waals surface area contributed by atoms with Crippen LogP contribution in [-0.4, -0.2) is 18.0 Å². The molecule has 0 spiro atoms. The highest BCUT2D eigenvalue weighted by Crippen LogP contribution is 2.28. The molecule has 154 valence electrons. The van der Waals surface area contributed by atoms with Gasteiger partial charge in [0.15, 0.2) is 0 Å². The molecule has 0 radical (unpaired) electrons. The standard InChI is InChI=1S/C24H34O4/c1-3-5-6-7-8-10-19-11-15-22(16-12-19)28-24(26)20-13-17-21(18-14-20)27-23(25)9-4-2/h4,9,11-12,15-16,20-21H,3,5-8,10,13-14,17-18H2,1-2H3. The van der Waals surface area contributed by atoms with Gasteiger partial charge in [-0.05, 0) is 63.1 Å². The van der Waals surface area contributed by atoms with Gasteiger partial charge < -0.3 is 9.47 Å². The maximum absolute atomic E-state index is 12.4. The van der Waals surface area contributed by atoms with Crippen molar-refractivity contribution < 1.29 is 19.1 Å². The summed E-state index contributed by atoms with van der Waals surface area (Å²) in [6.07, 6.45) is 13.3. The zero-order valence-electron chi connectivity index (χ0n) is 17.3. The van der Waals surface area contributed by atoms with Crippen molar-refractivity contribution in [3.63, 3.8) is 0 Å². The van der Waals surface area contributed by atoms with E-state index in [4.69, 9.17) is 9.47 Å². The van der Waals surface area contributed by atoms with Gasteiger partial charge >= 0.3 is 11.9 Å². The van der Waals surface area contributed by atoms with E-state index < -0.39 is 0 Å². The predicted octanol–water partition coefficient (Wildman–Crippen LogP) is 5.78. The summed E-state index contributed by atoms with van der Waals surface area (Å²) in [5.41, 5.74) is 1.29. The zero-order chi connectivity index (χ0) is 20.2. The van der Waals surface area contributed by atoms with Gasteiger partial charge in [-0.3, -0.25) is 4.79 Å². The third-order valence-corrected chi connectivity index (χ3v) is 5.30. The van der Waals surface area contributed by atoms with Crippen LogP contribution in [-0.2, 0) is 20.7 Å². The molecule has 1 aromatic rings. The molecular formula is C24H34O4. The molecule has 1 aliphatic carbocycles. The van der Waals surface area contributed by atoms with Crippen LogP contribution in [0.3, 0.4) is 0 Å². The maximum Gasteiger partial charge on any atom is 0.330 e. The summed E-state index contributed by atoms with van der Waals surface area (Å²) in [6, 6.07) is 7.90. The molecule has 0 heterocycles. The van der Waals surface area contributed by atoms with E-state index >= 15 is 0 Å². The van der Waals surface area contributed by atoms with Crippen LogP contribution in [0.1, 0.15) is 77.2 Å². The Bertz CT molecular complexity index is 625. The minimum absolute atomic E-state index is 0.0932. The normalized spacial score (nSPS) is 19.5. The zero-order valence-corrected chi connectivity index (χ0v) is 17.3. The minimum Gasteiger partial charge on any atom is -0.459 e. The quantitative estimate of drug-likeness (QED) is 0.221. The molecule has 2 rings (SSSR count). The number of unbranched alkanes of at least 4 members (excludes halogenated alkanes) is 4. The second kappa shape index (κ2) is 12.4. The fraction of sp³-hybridized carbons (Fsp3) is 0.583. The van der Waals surface area contributed by atoms with Crippen LogP contribution in [0, 0.1) is 5.92 Å². The topological polar surface area (TPSA) is 52.6 Å². The first-order chi connectivity index (χ1) is 13.6. The highest BCUT2D eigenvalue weighted by Gasteiger charge is 2.29. The van der Waals surface area contributed by atoms with E-state index in [1.807, 2.05) is 12.1 Å². The summed E-state index contributed by atoms with van der Waals surface area (Å²) in [7, 11) is 0. The summed E-state index contributed by atoms with van der Waals surface area (Å²) < 4.78 is 10.9. The molecule has 0 aliphatic heterocycles. The fourth-order valence-electron chi connectivity index (χ4n) is 3.61. The van der Waals surface area contributed by atoms with Crippen LogP contribution >= 0.6 is 0 Å². The molecule has 1 fully saturated rings. The molecule has 0 saturated heterocycles. The largest absolute Gasteiger partial charge is 0.459 e. The van der Waals surface area contributed by atoms with Crippen molar-refractivity contribution in [2.45, 2.75) is 84.2 Å². The lowest BCUT2D eigenvalue weighted by Crippen LogP contribution is -2.29. The minimum atomic E-state index is -0.307. The summed E-state index contributed by atoms with van der Waals surface area (Å²) >= 11 is 0. The molecule has 0 unspecified atom stereocenters. The Balaban J connectivity index is 1.70. The Kier molecular flexibility index (Phi) is 9.81. The highest BCUT2D eigenvalue weighted by molar-refractivity contribution is 5.82. The monoisotopic (exact) mass is 386 g/mol. The van der Waals surface area contributed by atoms with Crippen molar-refractivity contribution in [2.24, 2.45) is 5.92 Å². The van der Waals surface area contributed by atoms with Crippen molar-refractivity contribution in [1.29, 1.82) is 0 Å². The van der Waals surface area contributed by atoms with E-state index in [9.17, 15) is 9.59 Å². The first-order valence-electron chi connectivity index (χ1n) is 10.8. The van der Waals surface area contributed by atoms with Crippen LogP contribution in [0.15, 0.2) is 36.4 Å².